The molecular weight excluding hydrogens is 516 g/mol. The van der Waals surface area contributed by atoms with Crippen LogP contribution in [0, 0.1) is 0 Å². The number of methoxy groups -OCH3 is 1. The first-order valence-electron chi connectivity index (χ1n) is 13.1. The molecule has 2 amide bonds. The number of rotatable bonds is 10. The Kier molecular flexibility index (Phi) is 10.0. The first-order valence-corrected chi connectivity index (χ1v) is 14.8. The molecule has 0 bridgehead atoms. The van der Waals surface area contributed by atoms with Crippen molar-refractivity contribution in [1.82, 2.24) is 0 Å². The number of fused-ring (bicyclic) bond motifs is 1. The summed E-state index contributed by atoms with van der Waals surface area (Å²) in [6, 6.07) is 17.2. The summed E-state index contributed by atoms with van der Waals surface area (Å²) in [5, 5.41) is 6.04. The average molecular weight is 551 g/mol. The van der Waals surface area contributed by atoms with Crippen LogP contribution in [0.1, 0.15) is 77.1 Å². The number of unbranched alkanes of at least 4 members (excludes halogenated alkanes) is 1. The highest BCUT2D eigenvalue weighted by molar-refractivity contribution is 8.00. The average Bonchev–Trinajstić information content (AvgIpc) is 3.10. The number of aryl methyl sites for hydroxylation is 1. The number of amides is 2. The number of benzene rings is 2. The Morgan fingerprint density at radius 2 is 1.79 bits per heavy atom. The van der Waals surface area contributed by atoms with Crippen LogP contribution in [-0.2, 0) is 27.2 Å². The molecule has 6 nitrogen and oxygen atoms in total. The molecule has 0 saturated heterocycles. The van der Waals surface area contributed by atoms with Crippen molar-refractivity contribution in [3.8, 4) is 0 Å². The number of carbonyl (C=O) groups is 3. The van der Waals surface area contributed by atoms with E-state index in [2.05, 4.69) is 17.6 Å². The van der Waals surface area contributed by atoms with E-state index in [1.54, 1.807) is 0 Å². The fraction of sp³-hybridized carbons (Fsp3) is 0.367. The van der Waals surface area contributed by atoms with E-state index in [1.807, 2.05) is 54.6 Å². The van der Waals surface area contributed by atoms with E-state index >= 15 is 0 Å². The molecule has 2 aromatic carbocycles. The molecule has 8 heteroatoms. The first kappa shape index (κ1) is 27.9. The summed E-state index contributed by atoms with van der Waals surface area (Å²) < 4.78 is 5.11. The molecular formula is C30H34N2O4S2. The number of thioether (sulfide) groups is 1. The molecule has 1 aromatic heterocycles. The van der Waals surface area contributed by atoms with E-state index in [1.165, 1.54) is 30.2 Å². The van der Waals surface area contributed by atoms with Gasteiger partial charge in [0.1, 0.15) is 10.3 Å². The molecule has 1 aliphatic rings. The largest absolute Gasteiger partial charge is 0.465 e. The molecule has 0 aliphatic heterocycles. The Bertz CT molecular complexity index is 1270. The fourth-order valence-electron chi connectivity index (χ4n) is 4.57. The molecule has 0 saturated carbocycles. The summed E-state index contributed by atoms with van der Waals surface area (Å²) >= 11 is 2.90. The van der Waals surface area contributed by atoms with Gasteiger partial charge < -0.3 is 15.4 Å². The molecule has 1 aliphatic carbocycles. The van der Waals surface area contributed by atoms with Crippen molar-refractivity contribution >= 4 is 51.6 Å². The third kappa shape index (κ3) is 7.05. The lowest BCUT2D eigenvalue weighted by atomic mass is 10.1. The van der Waals surface area contributed by atoms with E-state index < -0.39 is 11.2 Å². The summed E-state index contributed by atoms with van der Waals surface area (Å²) in [6.07, 6.45) is 7.25. The molecule has 1 atom stereocenters. The number of hydrogen-bond donors (Lipinski definition) is 2. The van der Waals surface area contributed by atoms with Gasteiger partial charge in [-0.1, -0.05) is 56.2 Å². The summed E-state index contributed by atoms with van der Waals surface area (Å²) in [7, 11) is 1.38. The number of nitrogens with one attached hydrogen (secondary N) is 2. The lowest BCUT2D eigenvalue weighted by Crippen LogP contribution is -2.20. The molecule has 3 aromatic rings. The van der Waals surface area contributed by atoms with Crippen molar-refractivity contribution in [2.24, 2.45) is 0 Å². The van der Waals surface area contributed by atoms with Crippen LogP contribution < -0.4 is 10.6 Å². The maximum absolute atomic E-state index is 13.8. The fourth-order valence-corrected chi connectivity index (χ4v) is 6.93. The molecule has 0 spiro atoms. The standard InChI is InChI=1S/C30H34N2O4S2/c1-3-4-18-25(33)31-21-14-11-15-22(19-21)37-27(20-12-7-5-8-13-20)28(34)32-29-26(30(35)36-2)23-16-9-6-10-17-24(23)38-29/h5,7-8,11-15,19,27H,3-4,6,9-10,16-18H2,1-2H3,(H,31,33)(H,32,34). The monoisotopic (exact) mass is 550 g/mol. The molecule has 0 fully saturated rings. The van der Waals surface area contributed by atoms with Gasteiger partial charge in [0.2, 0.25) is 11.8 Å². The SMILES string of the molecule is CCCCC(=O)Nc1cccc(SC(C(=O)Nc2sc3c(c2C(=O)OC)CCCCC3)c2ccccc2)c1. The Balaban J connectivity index is 1.60. The van der Waals surface area contributed by atoms with Crippen LogP contribution in [0.3, 0.4) is 0 Å². The van der Waals surface area contributed by atoms with Crippen molar-refractivity contribution in [3.63, 3.8) is 0 Å². The second-order valence-electron chi connectivity index (χ2n) is 9.34. The lowest BCUT2D eigenvalue weighted by molar-refractivity contribution is -0.116. The van der Waals surface area contributed by atoms with Gasteiger partial charge in [0.15, 0.2) is 0 Å². The highest BCUT2D eigenvalue weighted by Crippen LogP contribution is 2.41. The van der Waals surface area contributed by atoms with Gasteiger partial charge in [0, 0.05) is 21.9 Å². The maximum atomic E-state index is 13.8. The minimum Gasteiger partial charge on any atom is -0.465 e. The number of thiophene rings is 1. The highest BCUT2D eigenvalue weighted by atomic mass is 32.2. The van der Waals surface area contributed by atoms with Gasteiger partial charge in [-0.05, 0) is 61.4 Å². The summed E-state index contributed by atoms with van der Waals surface area (Å²) in [4.78, 5) is 40.8. The molecule has 1 unspecified atom stereocenters. The predicted molar refractivity (Wildman–Crippen MR) is 155 cm³/mol. The molecule has 2 N–H and O–H groups in total. The number of hydrogen-bond acceptors (Lipinski definition) is 6. The van der Waals surface area contributed by atoms with Gasteiger partial charge in [0.05, 0.1) is 12.7 Å². The van der Waals surface area contributed by atoms with Crippen LogP contribution in [0.15, 0.2) is 59.5 Å². The quantitative estimate of drug-likeness (QED) is 0.156. The zero-order chi connectivity index (χ0) is 26.9. The van der Waals surface area contributed by atoms with Crippen molar-refractivity contribution in [3.05, 3.63) is 76.2 Å². The zero-order valence-electron chi connectivity index (χ0n) is 21.9. The van der Waals surface area contributed by atoms with Crippen molar-refractivity contribution in [1.29, 1.82) is 0 Å². The summed E-state index contributed by atoms with van der Waals surface area (Å²) in [5.41, 5.74) is 3.07. The predicted octanol–water partition coefficient (Wildman–Crippen LogP) is 7.40. The highest BCUT2D eigenvalue weighted by Gasteiger charge is 2.29. The van der Waals surface area contributed by atoms with Crippen molar-refractivity contribution < 1.29 is 19.1 Å². The summed E-state index contributed by atoms with van der Waals surface area (Å²) in [6.45, 7) is 2.06. The lowest BCUT2D eigenvalue weighted by Gasteiger charge is -2.18. The first-order chi connectivity index (χ1) is 18.5. The van der Waals surface area contributed by atoms with E-state index in [9.17, 15) is 14.4 Å². The van der Waals surface area contributed by atoms with Crippen LogP contribution in [0.2, 0.25) is 0 Å². The minimum atomic E-state index is -0.561. The Morgan fingerprint density at radius 1 is 1.00 bits per heavy atom. The molecule has 4 rings (SSSR count). The van der Waals surface area contributed by atoms with E-state index in [-0.39, 0.29) is 11.8 Å². The van der Waals surface area contributed by atoms with Gasteiger partial charge in [-0.3, -0.25) is 9.59 Å². The molecule has 38 heavy (non-hydrogen) atoms. The van der Waals surface area contributed by atoms with E-state index in [0.29, 0.717) is 22.7 Å². The van der Waals surface area contributed by atoms with Gasteiger partial charge in [-0.2, -0.15) is 0 Å². The number of ether oxygens (including phenoxy) is 1. The van der Waals surface area contributed by atoms with Crippen LogP contribution in [0.4, 0.5) is 10.7 Å². The van der Waals surface area contributed by atoms with Crippen molar-refractivity contribution in [2.75, 3.05) is 17.7 Å². The van der Waals surface area contributed by atoms with Gasteiger partial charge >= 0.3 is 5.97 Å². The second-order valence-corrected chi connectivity index (χ2v) is 11.6. The third-order valence-corrected chi connectivity index (χ3v) is 8.97. The minimum absolute atomic E-state index is 0.0147. The maximum Gasteiger partial charge on any atom is 0.341 e. The van der Waals surface area contributed by atoms with Gasteiger partial charge in [0.25, 0.3) is 0 Å². The van der Waals surface area contributed by atoms with Gasteiger partial charge in [-0.25, -0.2) is 4.79 Å². The number of anilines is 2. The van der Waals surface area contributed by atoms with Crippen LogP contribution in [0.25, 0.3) is 0 Å². The Morgan fingerprint density at radius 3 is 2.55 bits per heavy atom. The smallest absolute Gasteiger partial charge is 0.341 e. The topological polar surface area (TPSA) is 84.5 Å². The zero-order valence-corrected chi connectivity index (χ0v) is 23.5. The van der Waals surface area contributed by atoms with E-state index in [0.717, 1.165) is 65.8 Å². The molecule has 1 heterocycles. The summed E-state index contributed by atoms with van der Waals surface area (Å²) in [5.74, 6) is -0.630. The van der Waals surface area contributed by atoms with Gasteiger partial charge in [-0.15, -0.1) is 23.1 Å². The van der Waals surface area contributed by atoms with E-state index in [4.69, 9.17) is 4.74 Å². The molecule has 0 radical (unpaired) electrons. The number of esters is 1. The van der Waals surface area contributed by atoms with Crippen LogP contribution >= 0.6 is 23.1 Å². The van der Waals surface area contributed by atoms with Crippen molar-refractivity contribution in [2.45, 2.75) is 68.4 Å². The molecule has 200 valence electrons. The Labute approximate surface area is 232 Å². The van der Waals surface area contributed by atoms with Crippen LogP contribution in [-0.4, -0.2) is 24.9 Å². The Hall–Kier alpha value is -3.10. The second kappa shape index (κ2) is 13.6. The number of carbonyl (C=O) groups excluding carboxylic acids is 3. The normalized spacial score (nSPS) is 13.6. The van der Waals surface area contributed by atoms with Crippen LogP contribution in [0.5, 0.6) is 0 Å². The third-order valence-electron chi connectivity index (χ3n) is 6.52.